The molecule has 2 aliphatic rings. The third kappa shape index (κ3) is 4.62. The van der Waals surface area contributed by atoms with Crippen LogP contribution in [0, 0.1) is 13.8 Å². The van der Waals surface area contributed by atoms with Gasteiger partial charge in [-0.05, 0) is 127 Å². The van der Waals surface area contributed by atoms with Crippen molar-refractivity contribution in [3.05, 3.63) is 128 Å². The number of nitrogens with zero attached hydrogens (tertiary/aromatic N) is 2. The Morgan fingerprint density at radius 3 is 1.34 bits per heavy atom. The molecule has 0 radical (unpaired) electrons. The standard InChI is InChI=1S/C50H46N2O4/c1-23(2)29-13-11-14-30(24(3)4)45(29)51-47(53)35-19-17-33-37-21-28(10)40-44-36(20-18-34(41(37)44)39-27(9)22-38(49(51)55)42(35)43(33)39)48(54)52(50(40)56)46-31(25(5)6)15-12-16-32(46)26(7)8/h11-26H,1-10H3. The molecule has 0 unspecified atom stereocenters. The molecule has 0 fully saturated rings. The van der Waals surface area contributed by atoms with Crippen molar-refractivity contribution >= 4 is 78.1 Å². The Kier molecular flexibility index (Phi) is 7.87. The summed E-state index contributed by atoms with van der Waals surface area (Å²) in [7, 11) is 0. The van der Waals surface area contributed by atoms with E-state index < -0.39 is 0 Å². The summed E-state index contributed by atoms with van der Waals surface area (Å²) in [6.07, 6.45) is 0. The molecule has 2 aliphatic heterocycles. The molecule has 0 spiro atoms. The lowest BCUT2D eigenvalue weighted by Crippen LogP contribution is -2.42. The Morgan fingerprint density at radius 1 is 0.393 bits per heavy atom. The number of hydrogen-bond acceptors (Lipinski definition) is 4. The Morgan fingerprint density at radius 2 is 0.839 bits per heavy atom. The highest BCUT2D eigenvalue weighted by molar-refractivity contribution is 6.46. The fourth-order valence-corrected chi connectivity index (χ4v) is 9.80. The molecule has 7 aromatic carbocycles. The number of aryl methyl sites for hydroxylation is 2. The zero-order chi connectivity index (χ0) is 39.8. The summed E-state index contributed by atoms with van der Waals surface area (Å²) in [5, 5.41) is 6.62. The van der Waals surface area contributed by atoms with E-state index in [2.05, 4.69) is 61.5 Å². The number of hydrogen-bond donors (Lipinski definition) is 0. The van der Waals surface area contributed by atoms with Gasteiger partial charge in [0.15, 0.2) is 0 Å². The number of carbonyl (C=O) groups is 4. The van der Waals surface area contributed by atoms with Gasteiger partial charge in [0.05, 0.1) is 16.9 Å². The maximum Gasteiger partial charge on any atom is 0.266 e. The largest absolute Gasteiger partial charge is 0.268 e. The van der Waals surface area contributed by atoms with Gasteiger partial charge in [0, 0.05) is 27.5 Å². The molecule has 280 valence electrons. The highest BCUT2D eigenvalue weighted by Crippen LogP contribution is 2.50. The monoisotopic (exact) mass is 738 g/mol. The van der Waals surface area contributed by atoms with E-state index in [0.717, 1.165) is 65.7 Å². The molecule has 0 aromatic heterocycles. The maximum absolute atomic E-state index is 14.9. The summed E-state index contributed by atoms with van der Waals surface area (Å²) >= 11 is 0. The van der Waals surface area contributed by atoms with Crippen LogP contribution >= 0.6 is 0 Å². The minimum atomic E-state index is -0.329. The molecule has 7 aromatic rings. The van der Waals surface area contributed by atoms with Gasteiger partial charge in [-0.1, -0.05) is 104 Å². The van der Waals surface area contributed by atoms with E-state index in [1.165, 1.54) is 9.80 Å². The Bertz CT molecular complexity index is 2870. The lowest BCUT2D eigenvalue weighted by molar-refractivity contribution is 0.0877. The maximum atomic E-state index is 14.9. The summed E-state index contributed by atoms with van der Waals surface area (Å²) in [6, 6.07) is 23.8. The van der Waals surface area contributed by atoms with Crippen molar-refractivity contribution in [1.29, 1.82) is 0 Å². The molecular formula is C50H46N2O4. The summed E-state index contributed by atoms with van der Waals surface area (Å²) in [6.45, 7) is 20.7. The molecule has 0 atom stereocenters. The minimum absolute atomic E-state index is 0.0943. The summed E-state index contributed by atoms with van der Waals surface area (Å²) < 4.78 is 0. The fraction of sp³-hybridized carbons (Fsp3) is 0.280. The quantitative estimate of drug-likeness (QED) is 0.0967. The van der Waals surface area contributed by atoms with Crippen LogP contribution in [-0.4, -0.2) is 23.6 Å². The molecule has 6 nitrogen and oxygen atoms in total. The first-order chi connectivity index (χ1) is 26.6. The van der Waals surface area contributed by atoms with E-state index in [-0.39, 0.29) is 47.3 Å². The van der Waals surface area contributed by atoms with Crippen molar-refractivity contribution < 1.29 is 19.2 Å². The fourth-order valence-electron chi connectivity index (χ4n) is 9.80. The molecule has 2 heterocycles. The third-order valence-electron chi connectivity index (χ3n) is 12.4. The van der Waals surface area contributed by atoms with Crippen LogP contribution in [0.25, 0.3) is 43.1 Å². The van der Waals surface area contributed by atoms with Crippen LogP contribution in [0.1, 0.15) is 154 Å². The van der Waals surface area contributed by atoms with E-state index in [0.29, 0.717) is 44.4 Å². The molecule has 0 saturated heterocycles. The number of para-hydroxylation sites is 2. The van der Waals surface area contributed by atoms with Crippen LogP contribution in [0.4, 0.5) is 11.4 Å². The summed E-state index contributed by atoms with van der Waals surface area (Å²) in [4.78, 5) is 62.2. The Labute approximate surface area is 327 Å². The number of carbonyl (C=O) groups excluding carboxylic acids is 4. The molecular weight excluding hydrogens is 693 g/mol. The molecule has 0 N–H and O–H groups in total. The van der Waals surface area contributed by atoms with Gasteiger partial charge in [-0.25, -0.2) is 9.80 Å². The predicted molar refractivity (Wildman–Crippen MR) is 229 cm³/mol. The smallest absolute Gasteiger partial charge is 0.266 e. The first kappa shape index (κ1) is 35.8. The normalized spacial score (nSPS) is 14.6. The second kappa shape index (κ2) is 12.3. The molecule has 56 heavy (non-hydrogen) atoms. The van der Waals surface area contributed by atoms with Gasteiger partial charge in [-0.2, -0.15) is 0 Å². The lowest BCUT2D eigenvalue weighted by Gasteiger charge is -2.34. The van der Waals surface area contributed by atoms with E-state index in [9.17, 15) is 19.2 Å². The highest BCUT2D eigenvalue weighted by atomic mass is 16.2. The SMILES string of the molecule is Cc1cc2c3ccc4c5c(cc(C)c(c6ccc7c(c1C(=O)N(c1c(C(C)C)cccc1C(C)C)C7=O)c26)c53)C(=O)N(c1c(C(C)C)cccc1C(C)C)C4=O. The van der Waals surface area contributed by atoms with Crippen molar-refractivity contribution in [3.63, 3.8) is 0 Å². The number of benzene rings is 7. The average molecular weight is 739 g/mol. The van der Waals surface area contributed by atoms with Crippen molar-refractivity contribution in [3.8, 4) is 0 Å². The first-order valence-electron chi connectivity index (χ1n) is 19.9. The number of rotatable bonds is 6. The molecule has 4 amide bonds. The Balaban J connectivity index is 1.32. The summed E-state index contributed by atoms with van der Waals surface area (Å²) in [5.41, 5.74) is 8.90. The van der Waals surface area contributed by atoms with Gasteiger partial charge in [0.1, 0.15) is 0 Å². The van der Waals surface area contributed by atoms with Crippen molar-refractivity contribution in [2.45, 2.75) is 92.9 Å². The lowest BCUT2D eigenvalue weighted by atomic mass is 9.79. The molecule has 0 bridgehead atoms. The minimum Gasteiger partial charge on any atom is -0.268 e. The molecule has 0 aliphatic carbocycles. The van der Waals surface area contributed by atoms with Gasteiger partial charge in [-0.3, -0.25) is 19.2 Å². The summed E-state index contributed by atoms with van der Waals surface area (Å²) in [5.74, 6) is -0.915. The number of amides is 4. The average Bonchev–Trinajstić information content (AvgIpc) is 3.15. The number of imide groups is 2. The number of anilines is 2. The van der Waals surface area contributed by atoms with Crippen molar-refractivity contribution in [2.75, 3.05) is 9.80 Å². The highest BCUT2D eigenvalue weighted by Gasteiger charge is 2.41. The van der Waals surface area contributed by atoms with Gasteiger partial charge in [0.25, 0.3) is 23.6 Å². The van der Waals surface area contributed by atoms with Crippen molar-refractivity contribution in [1.82, 2.24) is 0 Å². The zero-order valence-corrected chi connectivity index (χ0v) is 33.8. The van der Waals surface area contributed by atoms with Gasteiger partial charge >= 0.3 is 0 Å². The van der Waals surface area contributed by atoms with Crippen LogP contribution in [0.2, 0.25) is 0 Å². The van der Waals surface area contributed by atoms with Crippen molar-refractivity contribution in [2.24, 2.45) is 0 Å². The first-order valence-corrected chi connectivity index (χ1v) is 19.9. The second-order valence-electron chi connectivity index (χ2n) is 17.1. The van der Waals surface area contributed by atoms with E-state index in [4.69, 9.17) is 0 Å². The van der Waals surface area contributed by atoms with E-state index >= 15 is 0 Å². The van der Waals surface area contributed by atoms with Crippen LogP contribution in [-0.2, 0) is 0 Å². The molecule has 9 rings (SSSR count). The topological polar surface area (TPSA) is 74.8 Å². The number of fused-ring (bicyclic) bond motifs is 2. The van der Waals surface area contributed by atoms with Crippen LogP contribution < -0.4 is 9.80 Å². The van der Waals surface area contributed by atoms with Gasteiger partial charge in [-0.15, -0.1) is 0 Å². The van der Waals surface area contributed by atoms with Gasteiger partial charge in [0.2, 0.25) is 0 Å². The van der Waals surface area contributed by atoms with E-state index in [1.54, 1.807) is 0 Å². The van der Waals surface area contributed by atoms with E-state index in [1.807, 2.05) is 80.6 Å². The van der Waals surface area contributed by atoms with Crippen LogP contribution in [0.15, 0.2) is 72.8 Å². The molecule has 6 heteroatoms. The Hall–Kier alpha value is -5.88. The van der Waals surface area contributed by atoms with Gasteiger partial charge < -0.3 is 0 Å². The molecule has 0 saturated carbocycles. The third-order valence-corrected chi connectivity index (χ3v) is 12.4. The second-order valence-corrected chi connectivity index (χ2v) is 17.1. The predicted octanol–water partition coefficient (Wildman–Crippen LogP) is 12.4. The van der Waals surface area contributed by atoms with Crippen LogP contribution in [0.5, 0.6) is 0 Å². The zero-order valence-electron chi connectivity index (χ0n) is 33.8. The van der Waals surface area contributed by atoms with Crippen LogP contribution in [0.3, 0.4) is 0 Å².